The quantitative estimate of drug-likeness (QED) is 0.480. The van der Waals surface area contributed by atoms with Crippen LogP contribution in [0.1, 0.15) is 15.2 Å². The smallest absolute Gasteiger partial charge is 0.268 e. The monoisotopic (exact) mass is 529 g/mol. The number of benzene rings is 2. The topological polar surface area (TPSA) is 105 Å². The van der Waals surface area contributed by atoms with E-state index < -0.39 is 15.9 Å². The Hall–Kier alpha value is -3.25. The second-order valence-electron chi connectivity index (χ2n) is 8.17. The summed E-state index contributed by atoms with van der Waals surface area (Å²) in [4.78, 5) is 27.3. The molecule has 1 fully saturated rings. The first-order chi connectivity index (χ1) is 17.3. The molecular formula is C25H27N3O6S2. The Bertz CT molecular complexity index is 1320. The summed E-state index contributed by atoms with van der Waals surface area (Å²) in [6.45, 7) is 2.76. The van der Waals surface area contributed by atoms with E-state index in [1.54, 1.807) is 61.3 Å². The number of nitrogens with one attached hydrogen (secondary N) is 1. The van der Waals surface area contributed by atoms with Crippen molar-refractivity contribution in [2.75, 3.05) is 50.2 Å². The molecule has 2 amide bonds. The molecule has 1 aromatic heterocycles. The first kappa shape index (κ1) is 25.8. The Morgan fingerprint density at radius 3 is 2.50 bits per heavy atom. The van der Waals surface area contributed by atoms with Crippen LogP contribution < -0.4 is 15.0 Å². The van der Waals surface area contributed by atoms with E-state index in [1.165, 1.54) is 21.7 Å². The van der Waals surface area contributed by atoms with Crippen molar-refractivity contribution in [3.05, 3.63) is 70.4 Å². The molecule has 0 spiro atoms. The lowest BCUT2D eigenvalue weighted by Crippen LogP contribution is -2.40. The zero-order valence-corrected chi connectivity index (χ0v) is 21.6. The molecule has 2 aromatic carbocycles. The molecule has 4 rings (SSSR count). The molecule has 1 N–H and O–H groups in total. The molecule has 2 heterocycles. The predicted octanol–water partition coefficient (Wildman–Crippen LogP) is 3.37. The fraction of sp³-hybridized carbons (Fsp3) is 0.280. The van der Waals surface area contributed by atoms with E-state index in [0.717, 1.165) is 0 Å². The Kier molecular flexibility index (Phi) is 8.04. The van der Waals surface area contributed by atoms with Crippen LogP contribution in [0.4, 0.5) is 11.4 Å². The number of thiophene rings is 1. The number of aryl methyl sites for hydroxylation is 1. The number of hydrogen-bond donors (Lipinski definition) is 1. The number of rotatable bonds is 8. The van der Waals surface area contributed by atoms with E-state index >= 15 is 0 Å². The Morgan fingerprint density at radius 1 is 1.11 bits per heavy atom. The van der Waals surface area contributed by atoms with Crippen LogP contribution >= 0.6 is 11.3 Å². The van der Waals surface area contributed by atoms with Crippen LogP contribution in [0.5, 0.6) is 5.75 Å². The van der Waals surface area contributed by atoms with Gasteiger partial charge in [0, 0.05) is 31.5 Å². The van der Waals surface area contributed by atoms with Crippen molar-refractivity contribution in [3.63, 3.8) is 0 Å². The maximum Gasteiger partial charge on any atom is 0.268 e. The van der Waals surface area contributed by atoms with Crippen LogP contribution in [0.15, 0.2) is 64.9 Å². The standard InChI is InChI=1S/C25H27N3O6S2/c1-18-5-6-19(16-23(18)36(31,32)28-11-13-33-14-12-28)26-24(29)17-34-21-9-7-20(8-10-21)27(2)25(30)22-4-3-15-35-22/h3-10,15-16H,11-14,17H2,1-2H3,(H,26,29). The number of nitrogens with zero attached hydrogens (tertiary/aromatic N) is 2. The average molecular weight is 530 g/mol. The first-order valence-corrected chi connectivity index (χ1v) is 13.6. The number of hydrogen-bond acceptors (Lipinski definition) is 7. The first-order valence-electron chi connectivity index (χ1n) is 11.3. The van der Waals surface area contributed by atoms with Gasteiger partial charge in [-0.05, 0) is 60.3 Å². The summed E-state index contributed by atoms with van der Waals surface area (Å²) in [5.74, 6) is -0.0702. The average Bonchev–Trinajstić information content (AvgIpc) is 3.43. The predicted molar refractivity (Wildman–Crippen MR) is 138 cm³/mol. The summed E-state index contributed by atoms with van der Waals surface area (Å²) in [6.07, 6.45) is 0. The molecule has 0 unspecified atom stereocenters. The minimum absolute atomic E-state index is 0.105. The highest BCUT2D eigenvalue weighted by molar-refractivity contribution is 7.89. The van der Waals surface area contributed by atoms with Gasteiger partial charge in [0.15, 0.2) is 6.61 Å². The van der Waals surface area contributed by atoms with Crippen molar-refractivity contribution in [2.45, 2.75) is 11.8 Å². The molecule has 1 aliphatic heterocycles. The van der Waals surface area contributed by atoms with Gasteiger partial charge in [-0.3, -0.25) is 9.59 Å². The summed E-state index contributed by atoms with van der Waals surface area (Å²) in [5.41, 5.74) is 1.65. The van der Waals surface area contributed by atoms with Crippen LogP contribution in [-0.4, -0.2) is 64.5 Å². The molecule has 0 saturated carbocycles. The molecular weight excluding hydrogens is 502 g/mol. The van der Waals surface area contributed by atoms with Crippen LogP contribution in [0.25, 0.3) is 0 Å². The van der Waals surface area contributed by atoms with E-state index in [-0.39, 0.29) is 17.4 Å². The third-order valence-electron chi connectivity index (χ3n) is 5.69. The largest absolute Gasteiger partial charge is 0.484 e. The van der Waals surface area contributed by atoms with Gasteiger partial charge in [-0.1, -0.05) is 12.1 Å². The van der Waals surface area contributed by atoms with Crippen molar-refractivity contribution in [3.8, 4) is 5.75 Å². The molecule has 190 valence electrons. The highest BCUT2D eigenvalue weighted by Crippen LogP contribution is 2.25. The number of anilines is 2. The fourth-order valence-corrected chi connectivity index (χ4v) is 6.03. The molecule has 11 heteroatoms. The van der Waals surface area contributed by atoms with Crippen molar-refractivity contribution in [2.24, 2.45) is 0 Å². The third kappa shape index (κ3) is 5.93. The van der Waals surface area contributed by atoms with Crippen LogP contribution in [0.2, 0.25) is 0 Å². The molecule has 0 bridgehead atoms. The van der Waals surface area contributed by atoms with Gasteiger partial charge in [0.25, 0.3) is 11.8 Å². The number of sulfonamides is 1. The lowest BCUT2D eigenvalue weighted by Gasteiger charge is -2.26. The third-order valence-corrected chi connectivity index (χ3v) is 8.59. The second-order valence-corrected chi connectivity index (χ2v) is 11.0. The SMILES string of the molecule is Cc1ccc(NC(=O)COc2ccc(N(C)C(=O)c3cccs3)cc2)cc1S(=O)(=O)N1CCOCC1. The molecule has 0 aliphatic carbocycles. The van der Waals surface area contributed by atoms with Gasteiger partial charge in [0.2, 0.25) is 10.0 Å². The van der Waals surface area contributed by atoms with E-state index in [4.69, 9.17) is 9.47 Å². The summed E-state index contributed by atoms with van der Waals surface area (Å²) < 4.78 is 38.3. The van der Waals surface area contributed by atoms with Crippen LogP contribution in [0.3, 0.4) is 0 Å². The van der Waals surface area contributed by atoms with Crippen molar-refractivity contribution >= 4 is 44.5 Å². The summed E-state index contributed by atoms with van der Waals surface area (Å²) >= 11 is 1.38. The number of morpholine rings is 1. The van der Waals surface area contributed by atoms with Gasteiger partial charge in [-0.15, -0.1) is 11.3 Å². The summed E-state index contributed by atoms with van der Waals surface area (Å²) in [7, 11) is -2.00. The lowest BCUT2D eigenvalue weighted by molar-refractivity contribution is -0.118. The fourth-order valence-electron chi connectivity index (χ4n) is 3.68. The number of ether oxygens (including phenoxy) is 2. The van der Waals surface area contributed by atoms with Crippen LogP contribution in [0, 0.1) is 6.92 Å². The summed E-state index contributed by atoms with van der Waals surface area (Å²) in [5, 5.41) is 4.54. The van der Waals surface area contributed by atoms with E-state index in [0.29, 0.717) is 53.9 Å². The Balaban J connectivity index is 1.35. The van der Waals surface area contributed by atoms with Gasteiger partial charge in [-0.2, -0.15) is 4.31 Å². The Morgan fingerprint density at radius 2 is 1.83 bits per heavy atom. The molecule has 0 radical (unpaired) electrons. The van der Waals surface area contributed by atoms with E-state index in [2.05, 4.69) is 5.32 Å². The molecule has 1 aliphatic rings. The Labute approximate surface area is 214 Å². The van der Waals surface area contributed by atoms with Crippen molar-refractivity contribution in [1.29, 1.82) is 0 Å². The number of carbonyl (C=O) groups excluding carboxylic acids is 2. The minimum atomic E-state index is -3.69. The highest BCUT2D eigenvalue weighted by Gasteiger charge is 2.28. The maximum atomic E-state index is 13.1. The molecule has 1 saturated heterocycles. The molecule has 0 atom stereocenters. The zero-order chi connectivity index (χ0) is 25.7. The minimum Gasteiger partial charge on any atom is -0.484 e. The van der Waals surface area contributed by atoms with Gasteiger partial charge < -0.3 is 19.7 Å². The highest BCUT2D eigenvalue weighted by atomic mass is 32.2. The summed E-state index contributed by atoms with van der Waals surface area (Å²) in [6, 6.07) is 15.2. The maximum absolute atomic E-state index is 13.1. The van der Waals surface area contributed by atoms with Gasteiger partial charge in [-0.25, -0.2) is 8.42 Å². The lowest BCUT2D eigenvalue weighted by atomic mass is 10.2. The molecule has 9 nitrogen and oxygen atoms in total. The number of amides is 2. The second kappa shape index (κ2) is 11.2. The number of carbonyl (C=O) groups is 2. The molecule has 36 heavy (non-hydrogen) atoms. The van der Waals surface area contributed by atoms with Gasteiger partial charge in [0.05, 0.1) is 23.0 Å². The van der Waals surface area contributed by atoms with Crippen molar-refractivity contribution < 1.29 is 27.5 Å². The van der Waals surface area contributed by atoms with Crippen molar-refractivity contribution in [1.82, 2.24) is 4.31 Å². The van der Waals surface area contributed by atoms with E-state index in [1.807, 2.05) is 11.4 Å². The zero-order valence-electron chi connectivity index (χ0n) is 20.0. The van der Waals surface area contributed by atoms with Gasteiger partial charge >= 0.3 is 0 Å². The normalized spacial score (nSPS) is 14.3. The molecule has 3 aromatic rings. The van der Waals surface area contributed by atoms with E-state index in [9.17, 15) is 18.0 Å². The van der Waals surface area contributed by atoms with Gasteiger partial charge in [0.1, 0.15) is 5.75 Å². The van der Waals surface area contributed by atoms with Crippen LogP contribution in [-0.2, 0) is 19.6 Å².